The molecule has 1 rings (SSSR count). The van der Waals surface area contributed by atoms with Crippen LogP contribution in [0.3, 0.4) is 0 Å². The van der Waals surface area contributed by atoms with Gasteiger partial charge in [-0.15, -0.1) is 0 Å². The van der Waals surface area contributed by atoms with Crippen molar-refractivity contribution >= 4 is 5.97 Å². The average molecular weight is 223 g/mol. The van der Waals surface area contributed by atoms with Crippen molar-refractivity contribution in [3.05, 3.63) is 24.3 Å². The van der Waals surface area contributed by atoms with Crippen molar-refractivity contribution in [3.63, 3.8) is 0 Å². The largest absolute Gasteiger partial charge is 0.465 e. The first-order valence-electron chi connectivity index (χ1n) is 5.40. The Morgan fingerprint density at radius 1 is 1.38 bits per heavy atom. The lowest BCUT2D eigenvalue weighted by molar-refractivity contribution is -0.144. The van der Waals surface area contributed by atoms with Gasteiger partial charge in [0.2, 0.25) is 0 Å². The van der Waals surface area contributed by atoms with Crippen LogP contribution in [0.15, 0.2) is 18.5 Å². The molecule has 0 unspecified atom stereocenters. The van der Waals surface area contributed by atoms with Crippen LogP contribution in [0, 0.1) is 0 Å². The van der Waals surface area contributed by atoms with Crippen LogP contribution in [-0.2, 0) is 16.1 Å². The topological polar surface area (TPSA) is 55.3 Å². The molecule has 0 spiro atoms. The number of ether oxygens (including phenoxy) is 1. The highest BCUT2D eigenvalue weighted by Gasteiger charge is 2.11. The van der Waals surface area contributed by atoms with E-state index >= 15 is 0 Å². The molecule has 0 radical (unpaired) electrons. The van der Waals surface area contributed by atoms with E-state index in [1.165, 1.54) is 0 Å². The Balaban J connectivity index is 2.46. The van der Waals surface area contributed by atoms with Gasteiger partial charge in [-0.3, -0.25) is 9.69 Å². The smallest absolute Gasteiger partial charge is 0.320 e. The fourth-order valence-corrected chi connectivity index (χ4v) is 1.28. The summed E-state index contributed by atoms with van der Waals surface area (Å²) in [5, 5.41) is 0. The third-order valence-corrected chi connectivity index (χ3v) is 2.09. The number of nitrogens with zero attached hydrogens (tertiary/aromatic N) is 3. The van der Waals surface area contributed by atoms with Crippen molar-refractivity contribution in [1.82, 2.24) is 14.9 Å². The lowest BCUT2D eigenvalue weighted by Gasteiger charge is -2.17. The van der Waals surface area contributed by atoms with Gasteiger partial charge in [-0.25, -0.2) is 9.97 Å². The van der Waals surface area contributed by atoms with Gasteiger partial charge in [-0.2, -0.15) is 0 Å². The Hall–Kier alpha value is -1.49. The van der Waals surface area contributed by atoms with Gasteiger partial charge in [-0.05, 0) is 19.5 Å². The molecule has 16 heavy (non-hydrogen) atoms. The van der Waals surface area contributed by atoms with Crippen LogP contribution in [0.5, 0.6) is 0 Å². The number of rotatable bonds is 6. The molecule has 5 nitrogen and oxygen atoms in total. The molecule has 0 atom stereocenters. The molecule has 5 heteroatoms. The predicted molar refractivity (Wildman–Crippen MR) is 59.6 cm³/mol. The van der Waals surface area contributed by atoms with Gasteiger partial charge in [0.25, 0.3) is 0 Å². The summed E-state index contributed by atoms with van der Waals surface area (Å²) in [5.41, 5.74) is 0. The summed E-state index contributed by atoms with van der Waals surface area (Å²) in [6.45, 7) is 5.81. The summed E-state index contributed by atoms with van der Waals surface area (Å²) in [6.07, 6.45) is 3.39. The number of aromatic nitrogens is 2. The zero-order chi connectivity index (χ0) is 11.8. The van der Waals surface area contributed by atoms with E-state index in [4.69, 9.17) is 4.74 Å². The molecule has 0 saturated heterocycles. The maximum Gasteiger partial charge on any atom is 0.320 e. The summed E-state index contributed by atoms with van der Waals surface area (Å²) < 4.78 is 4.89. The fourth-order valence-electron chi connectivity index (χ4n) is 1.28. The van der Waals surface area contributed by atoms with Crippen molar-refractivity contribution < 1.29 is 9.53 Å². The molecule has 88 valence electrons. The molecule has 0 aliphatic heterocycles. The number of hydrogen-bond donors (Lipinski definition) is 0. The normalized spacial score (nSPS) is 10.4. The zero-order valence-corrected chi connectivity index (χ0v) is 9.72. The van der Waals surface area contributed by atoms with Gasteiger partial charge < -0.3 is 4.74 Å². The molecule has 0 N–H and O–H groups in total. The van der Waals surface area contributed by atoms with Crippen LogP contribution in [0.4, 0.5) is 0 Å². The highest BCUT2D eigenvalue weighted by Crippen LogP contribution is 1.98. The number of carbonyl (C=O) groups excluding carboxylic acids is 1. The van der Waals surface area contributed by atoms with Gasteiger partial charge in [-0.1, -0.05) is 6.92 Å². The maximum absolute atomic E-state index is 11.3. The Morgan fingerprint density at radius 2 is 2.06 bits per heavy atom. The quantitative estimate of drug-likeness (QED) is 0.669. The molecule has 0 bridgehead atoms. The first-order chi connectivity index (χ1) is 7.76. The van der Waals surface area contributed by atoms with Gasteiger partial charge in [0.05, 0.1) is 19.7 Å². The minimum Gasteiger partial charge on any atom is -0.465 e. The van der Waals surface area contributed by atoms with Crippen molar-refractivity contribution in [3.8, 4) is 0 Å². The molecular formula is C11H17N3O2. The van der Waals surface area contributed by atoms with Crippen LogP contribution < -0.4 is 0 Å². The predicted octanol–water partition coefficient (Wildman–Crippen LogP) is 0.862. The Bertz CT molecular complexity index is 316. The van der Waals surface area contributed by atoms with Crippen LogP contribution in [0.25, 0.3) is 0 Å². The standard InChI is InChI=1S/C11H17N3O2/c1-3-14(9-11(15)16-4-2)8-10-12-6-5-7-13-10/h5-7H,3-4,8-9H2,1-2H3. The Labute approximate surface area is 95.5 Å². The summed E-state index contributed by atoms with van der Waals surface area (Å²) in [6, 6.07) is 1.77. The molecule has 0 amide bonds. The van der Waals surface area contributed by atoms with Crippen LogP contribution in [0.2, 0.25) is 0 Å². The highest BCUT2D eigenvalue weighted by atomic mass is 16.5. The lowest BCUT2D eigenvalue weighted by atomic mass is 10.4. The summed E-state index contributed by atoms with van der Waals surface area (Å²) >= 11 is 0. The third-order valence-electron chi connectivity index (χ3n) is 2.09. The number of likely N-dealkylation sites (N-methyl/N-ethyl adjacent to an activating group) is 1. The number of carbonyl (C=O) groups is 1. The van der Waals surface area contributed by atoms with E-state index in [0.717, 1.165) is 6.54 Å². The molecular weight excluding hydrogens is 206 g/mol. The molecule has 1 aromatic heterocycles. The molecule has 1 aromatic rings. The SMILES string of the molecule is CCOC(=O)CN(CC)Cc1ncccn1. The van der Waals surface area contributed by atoms with E-state index in [0.29, 0.717) is 19.0 Å². The second-order valence-electron chi connectivity index (χ2n) is 3.27. The van der Waals surface area contributed by atoms with E-state index < -0.39 is 0 Å². The highest BCUT2D eigenvalue weighted by molar-refractivity contribution is 5.71. The van der Waals surface area contributed by atoms with Crippen molar-refractivity contribution in [2.24, 2.45) is 0 Å². The number of esters is 1. The van der Waals surface area contributed by atoms with E-state index in [1.807, 2.05) is 11.8 Å². The monoisotopic (exact) mass is 223 g/mol. The first kappa shape index (κ1) is 12.6. The first-order valence-corrected chi connectivity index (χ1v) is 5.40. The lowest BCUT2D eigenvalue weighted by Crippen LogP contribution is -2.31. The molecule has 0 aliphatic carbocycles. The van der Waals surface area contributed by atoms with Gasteiger partial charge in [0.15, 0.2) is 0 Å². The number of hydrogen-bond acceptors (Lipinski definition) is 5. The molecule has 0 aromatic carbocycles. The summed E-state index contributed by atoms with van der Waals surface area (Å²) in [4.78, 5) is 21.5. The van der Waals surface area contributed by atoms with Crippen molar-refractivity contribution in [2.75, 3.05) is 19.7 Å². The van der Waals surface area contributed by atoms with Crippen molar-refractivity contribution in [2.45, 2.75) is 20.4 Å². The van der Waals surface area contributed by atoms with E-state index in [2.05, 4.69) is 9.97 Å². The molecule has 1 heterocycles. The third kappa shape index (κ3) is 4.35. The van der Waals surface area contributed by atoms with Gasteiger partial charge in [0, 0.05) is 12.4 Å². The maximum atomic E-state index is 11.3. The van der Waals surface area contributed by atoms with Crippen LogP contribution in [-0.4, -0.2) is 40.5 Å². The molecule has 0 fully saturated rings. The average Bonchev–Trinajstić information content (AvgIpc) is 2.30. The van der Waals surface area contributed by atoms with E-state index in [9.17, 15) is 4.79 Å². The summed E-state index contributed by atoms with van der Waals surface area (Å²) in [7, 11) is 0. The van der Waals surface area contributed by atoms with Crippen LogP contribution >= 0.6 is 0 Å². The van der Waals surface area contributed by atoms with Crippen LogP contribution in [0.1, 0.15) is 19.7 Å². The minimum absolute atomic E-state index is 0.208. The molecule has 0 aliphatic rings. The summed E-state index contributed by atoms with van der Waals surface area (Å²) in [5.74, 6) is 0.508. The van der Waals surface area contributed by atoms with E-state index in [1.54, 1.807) is 25.4 Å². The van der Waals surface area contributed by atoms with Crippen molar-refractivity contribution in [1.29, 1.82) is 0 Å². The zero-order valence-electron chi connectivity index (χ0n) is 9.72. The Kier molecular flexibility index (Phi) is 5.42. The molecule has 0 saturated carbocycles. The Morgan fingerprint density at radius 3 is 2.62 bits per heavy atom. The fraction of sp³-hybridized carbons (Fsp3) is 0.545. The van der Waals surface area contributed by atoms with E-state index in [-0.39, 0.29) is 12.5 Å². The van der Waals surface area contributed by atoms with Gasteiger partial charge in [0.1, 0.15) is 5.82 Å². The van der Waals surface area contributed by atoms with Gasteiger partial charge >= 0.3 is 5.97 Å². The second-order valence-corrected chi connectivity index (χ2v) is 3.27. The second kappa shape index (κ2) is 6.90. The minimum atomic E-state index is -0.208.